The van der Waals surface area contributed by atoms with E-state index in [0.717, 1.165) is 0 Å². The molecule has 0 radical (unpaired) electrons. The first-order valence-electron chi connectivity index (χ1n) is 5.51. The van der Waals surface area contributed by atoms with Gasteiger partial charge in [-0.3, -0.25) is 4.79 Å². The Bertz CT molecular complexity index is 396. The number of benzene rings is 1. The predicted octanol–water partition coefficient (Wildman–Crippen LogP) is 2.92. The molecule has 0 fully saturated rings. The Hall–Kier alpha value is -1.14. The Labute approximate surface area is 109 Å². The fraction of sp³-hybridized carbons (Fsp3) is 0.417. The van der Waals surface area contributed by atoms with E-state index in [-0.39, 0.29) is 17.9 Å². The zero-order valence-electron chi connectivity index (χ0n) is 10.2. The SMILES string of the molecule is CC(N)C(C)C(=O)Nc1ccc(SC(F)F)cc1. The second kappa shape index (κ2) is 6.70. The summed E-state index contributed by atoms with van der Waals surface area (Å²) in [5, 5.41) is 2.69. The maximum atomic E-state index is 12.1. The first kappa shape index (κ1) is 14.9. The lowest BCUT2D eigenvalue weighted by atomic mass is 10.0. The van der Waals surface area contributed by atoms with Crippen molar-refractivity contribution in [1.82, 2.24) is 0 Å². The number of anilines is 1. The quantitative estimate of drug-likeness (QED) is 0.812. The minimum Gasteiger partial charge on any atom is -0.327 e. The summed E-state index contributed by atoms with van der Waals surface area (Å²) in [5.74, 6) is -2.93. The lowest BCUT2D eigenvalue weighted by Crippen LogP contribution is -2.34. The van der Waals surface area contributed by atoms with Crippen LogP contribution in [-0.2, 0) is 4.79 Å². The highest BCUT2D eigenvalue weighted by Crippen LogP contribution is 2.26. The van der Waals surface area contributed by atoms with E-state index in [1.54, 1.807) is 38.1 Å². The van der Waals surface area contributed by atoms with Gasteiger partial charge >= 0.3 is 0 Å². The van der Waals surface area contributed by atoms with Crippen LogP contribution in [0.5, 0.6) is 0 Å². The minimum absolute atomic E-state index is 0.181. The molecule has 0 aliphatic heterocycles. The molecular weight excluding hydrogens is 258 g/mol. The summed E-state index contributed by atoms with van der Waals surface area (Å²) in [6, 6.07) is 6.04. The third-order valence-electron chi connectivity index (χ3n) is 2.55. The summed E-state index contributed by atoms with van der Waals surface area (Å²) < 4.78 is 24.2. The highest BCUT2D eigenvalue weighted by molar-refractivity contribution is 7.99. The summed E-state index contributed by atoms with van der Waals surface area (Å²) in [4.78, 5) is 12.2. The van der Waals surface area contributed by atoms with Crippen LogP contribution >= 0.6 is 11.8 Å². The molecule has 1 aromatic carbocycles. The minimum atomic E-state index is -2.44. The average molecular weight is 274 g/mol. The Morgan fingerprint density at radius 3 is 2.28 bits per heavy atom. The van der Waals surface area contributed by atoms with Gasteiger partial charge in [0.05, 0.1) is 5.92 Å². The normalized spacial score (nSPS) is 14.3. The number of hydrogen-bond donors (Lipinski definition) is 2. The highest BCUT2D eigenvalue weighted by atomic mass is 32.2. The van der Waals surface area contributed by atoms with Crippen LogP contribution in [0.25, 0.3) is 0 Å². The molecule has 0 heterocycles. The van der Waals surface area contributed by atoms with Crippen LogP contribution in [0.15, 0.2) is 29.2 Å². The highest BCUT2D eigenvalue weighted by Gasteiger charge is 2.16. The van der Waals surface area contributed by atoms with Gasteiger partial charge in [-0.05, 0) is 31.2 Å². The van der Waals surface area contributed by atoms with Gasteiger partial charge in [-0.15, -0.1) is 0 Å². The molecule has 0 saturated carbocycles. The van der Waals surface area contributed by atoms with Gasteiger partial charge in [-0.1, -0.05) is 18.7 Å². The molecule has 2 unspecified atom stereocenters. The molecule has 2 atom stereocenters. The van der Waals surface area contributed by atoms with E-state index < -0.39 is 5.76 Å². The standard InChI is InChI=1S/C12H16F2N2OS/c1-7(8(2)15)11(17)16-9-3-5-10(6-4-9)18-12(13)14/h3-8,12H,15H2,1-2H3,(H,16,17). The van der Waals surface area contributed by atoms with Crippen LogP contribution < -0.4 is 11.1 Å². The van der Waals surface area contributed by atoms with E-state index in [0.29, 0.717) is 22.3 Å². The number of rotatable bonds is 5. The van der Waals surface area contributed by atoms with E-state index >= 15 is 0 Å². The number of hydrogen-bond acceptors (Lipinski definition) is 3. The van der Waals surface area contributed by atoms with Crippen molar-refractivity contribution in [2.75, 3.05) is 5.32 Å². The molecule has 0 bridgehead atoms. The smallest absolute Gasteiger partial charge is 0.288 e. The second-order valence-electron chi connectivity index (χ2n) is 4.04. The summed E-state index contributed by atoms with van der Waals surface area (Å²) in [6.07, 6.45) is 0. The van der Waals surface area contributed by atoms with Crippen molar-refractivity contribution in [3.05, 3.63) is 24.3 Å². The molecule has 6 heteroatoms. The van der Waals surface area contributed by atoms with Crippen LogP contribution in [0, 0.1) is 5.92 Å². The van der Waals surface area contributed by atoms with E-state index in [2.05, 4.69) is 5.32 Å². The first-order chi connectivity index (χ1) is 8.40. The maximum absolute atomic E-state index is 12.1. The molecule has 18 heavy (non-hydrogen) atoms. The van der Waals surface area contributed by atoms with Gasteiger partial charge in [0.2, 0.25) is 5.91 Å². The molecule has 3 nitrogen and oxygen atoms in total. The lowest BCUT2D eigenvalue weighted by Gasteiger charge is -2.15. The van der Waals surface area contributed by atoms with Crippen molar-refractivity contribution >= 4 is 23.4 Å². The summed E-state index contributed by atoms with van der Waals surface area (Å²) in [6.45, 7) is 3.49. The van der Waals surface area contributed by atoms with Gasteiger partial charge < -0.3 is 11.1 Å². The number of thioether (sulfide) groups is 1. The van der Waals surface area contributed by atoms with Crippen molar-refractivity contribution in [3.8, 4) is 0 Å². The number of amides is 1. The van der Waals surface area contributed by atoms with Crippen molar-refractivity contribution < 1.29 is 13.6 Å². The van der Waals surface area contributed by atoms with Gasteiger partial charge in [0.25, 0.3) is 5.76 Å². The molecule has 1 amide bonds. The topological polar surface area (TPSA) is 55.1 Å². The number of carbonyl (C=O) groups is 1. The average Bonchev–Trinajstić information content (AvgIpc) is 2.29. The molecule has 0 aromatic heterocycles. The molecule has 100 valence electrons. The molecule has 1 aromatic rings. The number of nitrogens with one attached hydrogen (secondary N) is 1. The number of alkyl halides is 2. The zero-order valence-corrected chi connectivity index (χ0v) is 11.0. The monoisotopic (exact) mass is 274 g/mol. The van der Waals surface area contributed by atoms with Crippen LogP contribution in [0.3, 0.4) is 0 Å². The Balaban J connectivity index is 2.61. The Kier molecular flexibility index (Phi) is 5.55. The van der Waals surface area contributed by atoms with Crippen molar-refractivity contribution in [2.24, 2.45) is 11.7 Å². The number of carbonyl (C=O) groups excluding carboxylic acids is 1. The Morgan fingerprint density at radius 2 is 1.83 bits per heavy atom. The predicted molar refractivity (Wildman–Crippen MR) is 69.7 cm³/mol. The molecule has 0 spiro atoms. The van der Waals surface area contributed by atoms with Gasteiger partial charge in [0.15, 0.2) is 0 Å². The summed E-state index contributed by atoms with van der Waals surface area (Å²) in [7, 11) is 0. The molecule has 1 rings (SSSR count). The fourth-order valence-corrected chi connectivity index (χ4v) is 1.71. The third kappa shape index (κ3) is 4.62. The molecule has 3 N–H and O–H groups in total. The van der Waals surface area contributed by atoms with E-state index in [1.807, 2.05) is 0 Å². The van der Waals surface area contributed by atoms with Crippen LogP contribution in [0.2, 0.25) is 0 Å². The second-order valence-corrected chi connectivity index (χ2v) is 5.10. The van der Waals surface area contributed by atoms with E-state index in [9.17, 15) is 13.6 Å². The van der Waals surface area contributed by atoms with E-state index in [4.69, 9.17) is 5.73 Å². The Morgan fingerprint density at radius 1 is 1.28 bits per heavy atom. The number of halogens is 2. The number of nitrogens with two attached hydrogens (primary N) is 1. The van der Waals surface area contributed by atoms with Gasteiger partial charge in [-0.25, -0.2) is 0 Å². The van der Waals surface area contributed by atoms with Crippen molar-refractivity contribution in [2.45, 2.75) is 30.5 Å². The maximum Gasteiger partial charge on any atom is 0.288 e. The molecule has 0 saturated heterocycles. The van der Waals surface area contributed by atoms with Gasteiger partial charge in [0.1, 0.15) is 0 Å². The van der Waals surface area contributed by atoms with E-state index in [1.165, 1.54) is 0 Å². The molecule has 0 aliphatic carbocycles. The lowest BCUT2D eigenvalue weighted by molar-refractivity contribution is -0.119. The van der Waals surface area contributed by atoms with Gasteiger partial charge in [-0.2, -0.15) is 8.78 Å². The van der Waals surface area contributed by atoms with Crippen LogP contribution in [0.4, 0.5) is 14.5 Å². The van der Waals surface area contributed by atoms with Crippen LogP contribution in [0.1, 0.15) is 13.8 Å². The summed E-state index contributed by atoms with van der Waals surface area (Å²) >= 11 is 0.471. The molecule has 0 aliphatic rings. The largest absolute Gasteiger partial charge is 0.327 e. The van der Waals surface area contributed by atoms with Crippen molar-refractivity contribution in [3.63, 3.8) is 0 Å². The van der Waals surface area contributed by atoms with Crippen molar-refractivity contribution in [1.29, 1.82) is 0 Å². The zero-order chi connectivity index (χ0) is 13.7. The third-order valence-corrected chi connectivity index (χ3v) is 3.27. The molecular formula is C12H16F2N2OS. The fourth-order valence-electron chi connectivity index (χ4n) is 1.21. The van der Waals surface area contributed by atoms with Gasteiger partial charge in [0, 0.05) is 16.6 Å². The summed E-state index contributed by atoms with van der Waals surface area (Å²) in [5.41, 5.74) is 6.20. The first-order valence-corrected chi connectivity index (χ1v) is 6.39. The van der Waals surface area contributed by atoms with Crippen LogP contribution in [-0.4, -0.2) is 17.7 Å².